The third-order valence-electron chi connectivity index (χ3n) is 2.44. The minimum atomic E-state index is 0.516. The van der Waals surface area contributed by atoms with Crippen LogP contribution in [0.15, 0.2) is 5.38 Å². The van der Waals surface area contributed by atoms with Gasteiger partial charge in [0.15, 0.2) is 0 Å². The lowest BCUT2D eigenvalue weighted by Gasteiger charge is -2.07. The van der Waals surface area contributed by atoms with Crippen LogP contribution in [0.4, 0.5) is 0 Å². The Balaban J connectivity index is 2.01. The second-order valence-corrected chi connectivity index (χ2v) is 5.00. The third kappa shape index (κ3) is 2.32. The van der Waals surface area contributed by atoms with Gasteiger partial charge in [0, 0.05) is 11.9 Å². The monoisotopic (exact) mass is 211 g/mol. The number of hydrogen-bond acceptors (Lipinski definition) is 4. The van der Waals surface area contributed by atoms with Gasteiger partial charge in [0.05, 0.1) is 11.7 Å². The first-order chi connectivity index (χ1) is 6.75. The fourth-order valence-electron chi connectivity index (χ4n) is 1.77. The summed E-state index contributed by atoms with van der Waals surface area (Å²) in [4.78, 5) is 6.80. The zero-order valence-electron chi connectivity index (χ0n) is 8.79. The van der Waals surface area contributed by atoms with E-state index in [4.69, 9.17) is 0 Å². The number of hydrogen-bond donors (Lipinski definition) is 1. The summed E-state index contributed by atoms with van der Waals surface area (Å²) in [6.45, 7) is 2.10. The first kappa shape index (κ1) is 10.1. The fourth-order valence-corrected chi connectivity index (χ4v) is 2.73. The fraction of sp³-hybridized carbons (Fsp3) is 0.700. The third-order valence-corrected chi connectivity index (χ3v) is 3.29. The van der Waals surface area contributed by atoms with Crippen molar-refractivity contribution in [3.05, 3.63) is 16.1 Å². The van der Waals surface area contributed by atoms with E-state index in [1.54, 1.807) is 11.3 Å². The Morgan fingerprint density at radius 1 is 1.64 bits per heavy atom. The van der Waals surface area contributed by atoms with Crippen molar-refractivity contribution in [2.45, 2.75) is 25.4 Å². The molecule has 0 saturated carbocycles. The molecule has 0 aliphatic carbocycles. The first-order valence-electron chi connectivity index (χ1n) is 5.08. The van der Waals surface area contributed by atoms with Crippen LogP contribution >= 0.6 is 11.3 Å². The number of thiazole rings is 1. The van der Waals surface area contributed by atoms with Gasteiger partial charge in [0.2, 0.25) is 0 Å². The van der Waals surface area contributed by atoms with Crippen molar-refractivity contribution in [2.24, 2.45) is 0 Å². The van der Waals surface area contributed by atoms with E-state index in [2.05, 4.69) is 34.7 Å². The molecule has 2 rings (SSSR count). The van der Waals surface area contributed by atoms with Crippen LogP contribution < -0.4 is 5.32 Å². The molecule has 0 amide bonds. The maximum Gasteiger partial charge on any atom is 0.107 e. The van der Waals surface area contributed by atoms with E-state index in [0.29, 0.717) is 6.04 Å². The average Bonchev–Trinajstić information content (AvgIpc) is 2.69. The molecule has 2 heterocycles. The normalized spacial score (nSPS) is 22.1. The highest BCUT2D eigenvalue weighted by atomic mass is 32.1. The highest BCUT2D eigenvalue weighted by Gasteiger charge is 2.18. The smallest absolute Gasteiger partial charge is 0.107 e. The van der Waals surface area contributed by atoms with Crippen LogP contribution in [-0.2, 0) is 6.54 Å². The number of aromatic nitrogens is 1. The van der Waals surface area contributed by atoms with E-state index >= 15 is 0 Å². The largest absolute Gasteiger partial charge is 0.309 e. The molecular formula is C10H17N3S. The summed E-state index contributed by atoms with van der Waals surface area (Å²) in [6, 6.07) is 0.516. The lowest BCUT2D eigenvalue weighted by molar-refractivity contribution is 0.400. The average molecular weight is 211 g/mol. The lowest BCUT2D eigenvalue weighted by atomic mass is 10.2. The summed E-state index contributed by atoms with van der Waals surface area (Å²) in [5.74, 6) is 0. The van der Waals surface area contributed by atoms with E-state index in [0.717, 1.165) is 13.1 Å². The van der Waals surface area contributed by atoms with Crippen molar-refractivity contribution in [3.63, 3.8) is 0 Å². The molecule has 3 nitrogen and oxygen atoms in total. The van der Waals surface area contributed by atoms with E-state index in [-0.39, 0.29) is 0 Å². The number of nitrogens with zero attached hydrogens (tertiary/aromatic N) is 2. The molecule has 1 fully saturated rings. The second-order valence-electron chi connectivity index (χ2n) is 4.05. The molecule has 1 N–H and O–H groups in total. The topological polar surface area (TPSA) is 28.2 Å². The molecule has 78 valence electrons. The van der Waals surface area contributed by atoms with Crippen molar-refractivity contribution in [3.8, 4) is 0 Å². The molecule has 1 aromatic heterocycles. The number of rotatable bonds is 3. The Morgan fingerprint density at radius 2 is 2.50 bits per heavy atom. The Kier molecular flexibility index (Phi) is 3.15. The van der Waals surface area contributed by atoms with Crippen LogP contribution in [0.3, 0.4) is 0 Å². The minimum absolute atomic E-state index is 0.516. The van der Waals surface area contributed by atoms with Crippen molar-refractivity contribution >= 4 is 11.3 Å². The van der Waals surface area contributed by atoms with Crippen molar-refractivity contribution in [1.29, 1.82) is 0 Å². The molecule has 1 aliphatic heterocycles. The highest BCUT2D eigenvalue weighted by Crippen LogP contribution is 2.24. The predicted octanol–water partition coefficient (Wildman–Crippen LogP) is 1.63. The van der Waals surface area contributed by atoms with Gasteiger partial charge in [-0.3, -0.25) is 0 Å². The summed E-state index contributed by atoms with van der Waals surface area (Å²) in [7, 11) is 4.16. The first-order valence-corrected chi connectivity index (χ1v) is 5.96. The van der Waals surface area contributed by atoms with Gasteiger partial charge in [0.25, 0.3) is 0 Å². The van der Waals surface area contributed by atoms with E-state index in [1.165, 1.54) is 23.5 Å². The van der Waals surface area contributed by atoms with Gasteiger partial charge in [-0.05, 0) is 33.5 Å². The van der Waals surface area contributed by atoms with Gasteiger partial charge < -0.3 is 10.2 Å². The van der Waals surface area contributed by atoms with E-state index in [1.807, 2.05) is 0 Å². The van der Waals surface area contributed by atoms with Gasteiger partial charge >= 0.3 is 0 Å². The quantitative estimate of drug-likeness (QED) is 0.823. The van der Waals surface area contributed by atoms with Gasteiger partial charge in [-0.2, -0.15) is 0 Å². The SMILES string of the molecule is CN(C)Cc1nc([C@H]2CCCN2)cs1. The van der Waals surface area contributed by atoms with Crippen molar-refractivity contribution < 1.29 is 0 Å². The Morgan fingerprint density at radius 3 is 3.14 bits per heavy atom. The molecule has 0 aromatic carbocycles. The molecule has 0 radical (unpaired) electrons. The minimum Gasteiger partial charge on any atom is -0.309 e. The van der Waals surface area contributed by atoms with Gasteiger partial charge in [0.1, 0.15) is 5.01 Å². The molecule has 0 spiro atoms. The maximum absolute atomic E-state index is 4.65. The zero-order valence-corrected chi connectivity index (χ0v) is 9.60. The Bertz CT molecular complexity index is 289. The lowest BCUT2D eigenvalue weighted by Crippen LogP contribution is -2.14. The standard InChI is InChI=1S/C10H17N3S/c1-13(2)6-10-12-9(7-14-10)8-4-3-5-11-8/h7-8,11H,3-6H2,1-2H3/t8-/m1/s1. The molecule has 0 bridgehead atoms. The molecular weight excluding hydrogens is 194 g/mol. The van der Waals surface area contributed by atoms with E-state index < -0.39 is 0 Å². The van der Waals surface area contributed by atoms with Crippen LogP contribution in [0.1, 0.15) is 29.6 Å². The molecule has 4 heteroatoms. The summed E-state index contributed by atoms with van der Waals surface area (Å²) in [6.07, 6.45) is 2.52. The summed E-state index contributed by atoms with van der Waals surface area (Å²) in [5, 5.41) is 6.89. The van der Waals surface area contributed by atoms with Crippen LogP contribution in [0.25, 0.3) is 0 Å². The maximum atomic E-state index is 4.65. The second kappa shape index (κ2) is 4.38. The van der Waals surface area contributed by atoms with Crippen LogP contribution in [0.5, 0.6) is 0 Å². The molecule has 0 unspecified atom stereocenters. The molecule has 1 saturated heterocycles. The Labute approximate surface area is 89.1 Å². The van der Waals surface area contributed by atoms with Crippen molar-refractivity contribution in [1.82, 2.24) is 15.2 Å². The molecule has 1 atom stereocenters. The highest BCUT2D eigenvalue weighted by molar-refractivity contribution is 7.09. The number of nitrogens with one attached hydrogen (secondary N) is 1. The van der Waals surface area contributed by atoms with Gasteiger partial charge in [-0.15, -0.1) is 11.3 Å². The zero-order chi connectivity index (χ0) is 9.97. The summed E-state index contributed by atoms with van der Waals surface area (Å²) < 4.78 is 0. The summed E-state index contributed by atoms with van der Waals surface area (Å²) >= 11 is 1.77. The van der Waals surface area contributed by atoms with Gasteiger partial charge in [-0.1, -0.05) is 0 Å². The van der Waals surface area contributed by atoms with Crippen molar-refractivity contribution in [2.75, 3.05) is 20.6 Å². The van der Waals surface area contributed by atoms with Gasteiger partial charge in [-0.25, -0.2) is 4.98 Å². The van der Waals surface area contributed by atoms with Crippen LogP contribution in [0.2, 0.25) is 0 Å². The molecule has 14 heavy (non-hydrogen) atoms. The van der Waals surface area contributed by atoms with E-state index in [9.17, 15) is 0 Å². The predicted molar refractivity (Wildman–Crippen MR) is 59.5 cm³/mol. The molecule has 1 aromatic rings. The summed E-state index contributed by atoms with van der Waals surface area (Å²) in [5.41, 5.74) is 1.24. The van der Waals surface area contributed by atoms with Crippen LogP contribution in [-0.4, -0.2) is 30.5 Å². The molecule has 1 aliphatic rings. The van der Waals surface area contributed by atoms with Crippen LogP contribution in [0, 0.1) is 0 Å². The Hall–Kier alpha value is -0.450.